The van der Waals surface area contributed by atoms with Crippen molar-refractivity contribution in [1.29, 1.82) is 0 Å². The molecule has 0 spiro atoms. The number of amides is 2. The van der Waals surface area contributed by atoms with Gasteiger partial charge in [-0.3, -0.25) is 19.4 Å². The number of nitrogens with zero attached hydrogens (tertiary/aromatic N) is 2. The highest BCUT2D eigenvalue weighted by atomic mass is 35.5. The van der Waals surface area contributed by atoms with Gasteiger partial charge in [0.1, 0.15) is 12.7 Å². The maximum Gasteiger partial charge on any atom is 0.263 e. The maximum atomic E-state index is 12.1. The first-order chi connectivity index (χ1) is 17.3. The molecule has 0 saturated heterocycles. The summed E-state index contributed by atoms with van der Waals surface area (Å²) < 4.78 is 1.41. The lowest BCUT2D eigenvalue weighted by Gasteiger charge is -2.09. The van der Waals surface area contributed by atoms with Crippen molar-refractivity contribution in [3.05, 3.63) is 118 Å². The van der Waals surface area contributed by atoms with Crippen LogP contribution in [0.5, 0.6) is 0 Å². The highest BCUT2D eigenvalue weighted by molar-refractivity contribution is 6.35. The molecule has 0 aliphatic carbocycles. The zero-order valence-electron chi connectivity index (χ0n) is 20.0. The van der Waals surface area contributed by atoms with Crippen LogP contribution in [0.4, 0.5) is 11.4 Å². The van der Waals surface area contributed by atoms with Gasteiger partial charge < -0.3 is 10.6 Å². The Bertz CT molecular complexity index is 1330. The predicted molar refractivity (Wildman–Crippen MR) is 142 cm³/mol. The number of carbonyl (C=O) groups excluding carboxylic acids is 2. The minimum Gasteiger partial charge on any atom is -0.322 e. The third-order valence-electron chi connectivity index (χ3n) is 4.91. The summed E-state index contributed by atoms with van der Waals surface area (Å²) in [4.78, 5) is 33.4. The second kappa shape index (κ2) is 12.7. The van der Waals surface area contributed by atoms with E-state index in [1.165, 1.54) is 18.0 Å². The molecule has 0 radical (unpaired) electrons. The zero-order chi connectivity index (χ0) is 26.1. The quantitative estimate of drug-likeness (QED) is 0.336. The second-order valence-corrected chi connectivity index (χ2v) is 8.41. The van der Waals surface area contributed by atoms with Crippen molar-refractivity contribution < 1.29 is 19.2 Å². The average Bonchev–Trinajstić information content (AvgIpc) is 2.85. The molecule has 4 rings (SSSR count). The summed E-state index contributed by atoms with van der Waals surface area (Å²) in [7, 11) is 1.51. The monoisotopic (exact) mass is 523 g/mol. The van der Waals surface area contributed by atoms with Crippen molar-refractivity contribution in [3.8, 4) is 0 Å². The molecular weight excluding hydrogens is 499 g/mol. The fraction of sp³-hybridized carbons (Fsp3) is 0.111. The number of rotatable bonds is 5. The molecule has 2 amide bonds. The van der Waals surface area contributed by atoms with Crippen molar-refractivity contribution in [3.63, 3.8) is 0 Å². The first-order valence-electron chi connectivity index (χ1n) is 10.9. The molecule has 2 heterocycles. The number of anilines is 2. The number of aromatic nitrogens is 2. The molecule has 0 fully saturated rings. The SMILES string of the molecule is CO[n+]1ccc(Cl)c(C(=O)Nc2ccccc2)c1.Cc1cc(Cl)c(C(=O)Nc2ccccc2)c(C)n1. The van der Waals surface area contributed by atoms with E-state index in [9.17, 15) is 9.59 Å². The first-order valence-corrected chi connectivity index (χ1v) is 11.7. The zero-order valence-corrected chi connectivity index (χ0v) is 21.5. The summed E-state index contributed by atoms with van der Waals surface area (Å²) in [6.07, 6.45) is 3.15. The summed E-state index contributed by atoms with van der Waals surface area (Å²) in [5.41, 5.74) is 3.66. The third kappa shape index (κ3) is 7.28. The molecule has 0 bridgehead atoms. The largest absolute Gasteiger partial charge is 0.322 e. The summed E-state index contributed by atoms with van der Waals surface area (Å²) in [5, 5.41) is 6.35. The van der Waals surface area contributed by atoms with E-state index >= 15 is 0 Å². The molecule has 2 aromatic heterocycles. The van der Waals surface area contributed by atoms with Gasteiger partial charge in [-0.15, -0.1) is 0 Å². The van der Waals surface area contributed by atoms with Gasteiger partial charge in [-0.1, -0.05) is 59.6 Å². The summed E-state index contributed by atoms with van der Waals surface area (Å²) >= 11 is 12.1. The molecule has 0 unspecified atom stereocenters. The molecule has 36 heavy (non-hydrogen) atoms. The summed E-state index contributed by atoms with van der Waals surface area (Å²) in [5.74, 6) is -0.520. The Kier molecular flexibility index (Phi) is 9.39. The standard InChI is InChI=1S/C14H13ClN2O.C13H11ClN2O2/c1-9-8-12(15)13(10(2)16-9)14(18)17-11-6-4-3-5-7-11;1-18-16-8-7-12(14)11(9-16)13(17)15-10-5-3-2-4-6-10/h3-8H,1-2H3,(H,17,18);2-9H,1H3/p+1. The number of benzene rings is 2. The van der Waals surface area contributed by atoms with Gasteiger partial charge in [-0.05, 0) is 44.2 Å². The highest BCUT2D eigenvalue weighted by Crippen LogP contribution is 2.21. The third-order valence-corrected chi connectivity index (χ3v) is 5.54. The molecule has 0 aliphatic rings. The van der Waals surface area contributed by atoms with Crippen molar-refractivity contribution in [2.24, 2.45) is 0 Å². The molecule has 7 nitrogen and oxygen atoms in total. The Morgan fingerprint density at radius 3 is 1.92 bits per heavy atom. The van der Waals surface area contributed by atoms with Gasteiger partial charge in [0.05, 0.1) is 21.3 Å². The van der Waals surface area contributed by atoms with Crippen molar-refractivity contribution in [2.75, 3.05) is 17.7 Å². The van der Waals surface area contributed by atoms with Gasteiger partial charge in [-0.25, -0.2) is 0 Å². The fourth-order valence-electron chi connectivity index (χ4n) is 3.23. The van der Waals surface area contributed by atoms with Crippen LogP contribution >= 0.6 is 23.2 Å². The molecule has 4 aromatic rings. The van der Waals surface area contributed by atoms with E-state index in [0.29, 0.717) is 32.6 Å². The van der Waals surface area contributed by atoms with Gasteiger partial charge in [0.15, 0.2) is 0 Å². The lowest BCUT2D eigenvalue weighted by molar-refractivity contribution is -0.885. The predicted octanol–water partition coefficient (Wildman–Crippen LogP) is 5.54. The van der Waals surface area contributed by atoms with Gasteiger partial charge >= 0.3 is 0 Å². The molecule has 0 saturated carbocycles. The number of halogens is 2. The number of hydrogen-bond acceptors (Lipinski definition) is 4. The first kappa shape index (κ1) is 26.7. The van der Waals surface area contributed by atoms with Crippen molar-refractivity contribution in [1.82, 2.24) is 4.98 Å². The minimum absolute atomic E-state index is 0.240. The van der Waals surface area contributed by atoms with Crippen LogP contribution in [-0.2, 0) is 0 Å². The van der Waals surface area contributed by atoms with Crippen LogP contribution in [0.3, 0.4) is 0 Å². The van der Waals surface area contributed by atoms with Gasteiger partial charge in [0, 0.05) is 27.9 Å². The van der Waals surface area contributed by atoms with Crippen LogP contribution in [0.25, 0.3) is 0 Å². The average molecular weight is 524 g/mol. The lowest BCUT2D eigenvalue weighted by Crippen LogP contribution is -2.40. The summed E-state index contributed by atoms with van der Waals surface area (Å²) in [6, 6.07) is 21.7. The summed E-state index contributed by atoms with van der Waals surface area (Å²) in [6.45, 7) is 3.62. The topological polar surface area (TPSA) is 84.2 Å². The van der Waals surface area contributed by atoms with Crippen LogP contribution in [0.1, 0.15) is 32.1 Å². The van der Waals surface area contributed by atoms with E-state index in [4.69, 9.17) is 28.0 Å². The molecular formula is C27H25Cl2N4O3+. The number of para-hydroxylation sites is 2. The Hall–Kier alpha value is -3.94. The van der Waals surface area contributed by atoms with Gasteiger partial charge in [0.25, 0.3) is 11.8 Å². The smallest absolute Gasteiger partial charge is 0.263 e. The number of carbonyl (C=O) groups is 2. The van der Waals surface area contributed by atoms with Gasteiger partial charge in [0.2, 0.25) is 12.4 Å². The van der Waals surface area contributed by atoms with E-state index in [-0.39, 0.29) is 11.8 Å². The van der Waals surface area contributed by atoms with Crippen molar-refractivity contribution in [2.45, 2.75) is 13.8 Å². The molecule has 184 valence electrons. The Morgan fingerprint density at radius 2 is 1.39 bits per heavy atom. The molecule has 0 atom stereocenters. The molecule has 2 N–H and O–H groups in total. The van der Waals surface area contributed by atoms with E-state index in [1.54, 1.807) is 37.4 Å². The Morgan fingerprint density at radius 1 is 0.833 bits per heavy atom. The normalized spacial score (nSPS) is 10.0. The van der Waals surface area contributed by atoms with E-state index in [0.717, 1.165) is 11.4 Å². The second-order valence-electron chi connectivity index (χ2n) is 7.60. The van der Waals surface area contributed by atoms with Crippen LogP contribution in [0.15, 0.2) is 85.2 Å². The van der Waals surface area contributed by atoms with Crippen molar-refractivity contribution >= 4 is 46.4 Å². The van der Waals surface area contributed by atoms with Crippen LogP contribution in [-0.4, -0.2) is 23.9 Å². The van der Waals surface area contributed by atoms with Crippen LogP contribution < -0.4 is 20.2 Å². The number of pyridine rings is 2. The Balaban J connectivity index is 0.000000201. The van der Waals surface area contributed by atoms with Crippen LogP contribution in [0, 0.1) is 13.8 Å². The highest BCUT2D eigenvalue weighted by Gasteiger charge is 2.17. The van der Waals surface area contributed by atoms with E-state index < -0.39 is 0 Å². The van der Waals surface area contributed by atoms with E-state index in [2.05, 4.69) is 15.6 Å². The maximum absolute atomic E-state index is 12.1. The lowest BCUT2D eigenvalue weighted by atomic mass is 10.1. The number of hydrogen-bond donors (Lipinski definition) is 2. The molecule has 0 aliphatic heterocycles. The van der Waals surface area contributed by atoms with Gasteiger partial charge in [-0.2, -0.15) is 0 Å². The fourth-order valence-corrected chi connectivity index (χ4v) is 3.80. The van der Waals surface area contributed by atoms with Crippen LogP contribution in [0.2, 0.25) is 10.0 Å². The minimum atomic E-state index is -0.280. The molecule has 9 heteroatoms. The number of nitrogens with one attached hydrogen (secondary N) is 2. The van der Waals surface area contributed by atoms with E-state index in [1.807, 2.05) is 55.5 Å². The number of aryl methyl sites for hydroxylation is 2. The Labute approximate surface area is 219 Å². The molecule has 2 aromatic carbocycles.